The Morgan fingerprint density at radius 1 is 0.867 bits per heavy atom. The molecule has 1 atom stereocenters. The fraction of sp³-hybridized carbons (Fsp3) is 0.429. The first-order valence-electron chi connectivity index (χ1n) is 9.37. The van der Waals surface area contributed by atoms with E-state index in [0.717, 1.165) is 5.56 Å². The van der Waals surface area contributed by atoms with Crippen molar-refractivity contribution in [1.82, 2.24) is 4.90 Å². The molecular weight excluding hydrogens is 412 g/mol. The molecule has 9 heteroatoms. The Morgan fingerprint density at radius 2 is 1.43 bits per heavy atom. The van der Waals surface area contributed by atoms with Crippen LogP contribution < -0.4 is 0 Å². The highest BCUT2D eigenvalue weighted by Gasteiger charge is 2.37. The Balaban J connectivity index is 1.76. The van der Waals surface area contributed by atoms with Crippen LogP contribution in [0.2, 0.25) is 0 Å². The van der Waals surface area contributed by atoms with E-state index in [9.17, 15) is 26.3 Å². The van der Waals surface area contributed by atoms with Crippen LogP contribution in [0.5, 0.6) is 0 Å². The number of halogens is 6. The van der Waals surface area contributed by atoms with Gasteiger partial charge in [-0.25, -0.2) is 0 Å². The van der Waals surface area contributed by atoms with Crippen molar-refractivity contribution in [1.29, 1.82) is 0 Å². The maximum Gasteiger partial charge on any atom is 0.416 e. The van der Waals surface area contributed by atoms with Crippen molar-refractivity contribution in [3.63, 3.8) is 0 Å². The smallest absolute Gasteiger partial charge is 0.379 e. The molecule has 2 aromatic rings. The van der Waals surface area contributed by atoms with Gasteiger partial charge in [0.05, 0.1) is 43.6 Å². The van der Waals surface area contributed by atoms with Crippen molar-refractivity contribution in [3.8, 4) is 0 Å². The van der Waals surface area contributed by atoms with Crippen LogP contribution in [0.25, 0.3) is 0 Å². The number of nitrogens with zero attached hydrogens (tertiary/aromatic N) is 1. The van der Waals surface area contributed by atoms with Gasteiger partial charge in [-0.1, -0.05) is 30.3 Å². The number of alkyl halides is 6. The lowest BCUT2D eigenvalue weighted by molar-refractivity contribution is -0.143. The molecule has 1 fully saturated rings. The number of hydrogen-bond acceptors (Lipinski definition) is 3. The van der Waals surface area contributed by atoms with Crippen molar-refractivity contribution in [3.05, 3.63) is 70.8 Å². The maximum atomic E-state index is 13.0. The Hall–Kier alpha value is -2.10. The number of rotatable bonds is 6. The van der Waals surface area contributed by atoms with Gasteiger partial charge in [0.25, 0.3) is 0 Å². The van der Waals surface area contributed by atoms with E-state index in [1.807, 2.05) is 30.3 Å². The first-order chi connectivity index (χ1) is 14.1. The largest absolute Gasteiger partial charge is 0.416 e. The average Bonchev–Trinajstić information content (AvgIpc) is 2.71. The first-order valence-corrected chi connectivity index (χ1v) is 9.37. The van der Waals surface area contributed by atoms with Gasteiger partial charge in [-0.2, -0.15) is 26.3 Å². The second-order valence-electron chi connectivity index (χ2n) is 7.00. The highest BCUT2D eigenvalue weighted by molar-refractivity contribution is 5.33. The Labute approximate surface area is 170 Å². The standard InChI is InChI=1S/C21H21F6NO2/c22-20(23,24)17-10-15(11-18(12-17)21(25,26)27)13-30-14-19(16-4-2-1-3-5-16)28-6-8-29-9-7-28/h1-5,10-12,19H,6-9,13-14H2. The molecule has 1 aliphatic rings. The predicted molar refractivity (Wildman–Crippen MR) is 97.7 cm³/mol. The van der Waals surface area contributed by atoms with Crippen LogP contribution in [0.1, 0.15) is 28.3 Å². The summed E-state index contributed by atoms with van der Waals surface area (Å²) in [6, 6.07) is 10.7. The van der Waals surface area contributed by atoms with Gasteiger partial charge in [0, 0.05) is 13.1 Å². The van der Waals surface area contributed by atoms with Crippen molar-refractivity contribution >= 4 is 0 Å². The van der Waals surface area contributed by atoms with E-state index in [4.69, 9.17) is 9.47 Å². The second kappa shape index (κ2) is 9.36. The summed E-state index contributed by atoms with van der Waals surface area (Å²) in [4.78, 5) is 2.13. The van der Waals surface area contributed by atoms with Crippen LogP contribution >= 0.6 is 0 Å². The SMILES string of the molecule is FC(F)(F)c1cc(COCC(c2ccccc2)N2CCOCC2)cc(C(F)(F)F)c1. The molecule has 0 amide bonds. The molecule has 2 aromatic carbocycles. The van der Waals surface area contributed by atoms with Gasteiger partial charge in [-0.3, -0.25) is 4.90 Å². The zero-order valence-corrected chi connectivity index (χ0v) is 16.0. The van der Waals surface area contributed by atoms with Gasteiger partial charge >= 0.3 is 12.4 Å². The number of hydrogen-bond donors (Lipinski definition) is 0. The normalized spacial score (nSPS) is 17.1. The quantitative estimate of drug-likeness (QED) is 0.576. The van der Waals surface area contributed by atoms with Crippen molar-refractivity contribution in [2.45, 2.75) is 25.0 Å². The summed E-state index contributed by atoms with van der Waals surface area (Å²) in [7, 11) is 0. The molecule has 3 nitrogen and oxygen atoms in total. The summed E-state index contributed by atoms with van der Waals surface area (Å²) in [5, 5.41) is 0. The average molecular weight is 433 g/mol. The van der Waals surface area contributed by atoms with E-state index in [0.29, 0.717) is 38.4 Å². The molecule has 0 saturated carbocycles. The van der Waals surface area contributed by atoms with Gasteiger partial charge in [0.2, 0.25) is 0 Å². The topological polar surface area (TPSA) is 21.7 Å². The van der Waals surface area contributed by atoms with Crippen molar-refractivity contribution in [2.24, 2.45) is 0 Å². The van der Waals surface area contributed by atoms with Crippen LogP contribution in [0, 0.1) is 0 Å². The van der Waals surface area contributed by atoms with Crippen LogP contribution in [0.4, 0.5) is 26.3 Å². The van der Waals surface area contributed by atoms with E-state index in [1.165, 1.54) is 0 Å². The molecular formula is C21H21F6NO2. The van der Waals surface area contributed by atoms with E-state index in [1.54, 1.807) is 0 Å². The molecule has 1 unspecified atom stereocenters. The van der Waals surface area contributed by atoms with Gasteiger partial charge in [0.1, 0.15) is 0 Å². The summed E-state index contributed by atoms with van der Waals surface area (Å²) in [5.41, 5.74) is -1.90. The summed E-state index contributed by atoms with van der Waals surface area (Å²) in [6.07, 6.45) is -9.76. The third-order valence-electron chi connectivity index (χ3n) is 4.86. The monoisotopic (exact) mass is 433 g/mol. The lowest BCUT2D eigenvalue weighted by Crippen LogP contribution is -2.40. The minimum atomic E-state index is -4.88. The Kier molecular flexibility index (Phi) is 7.05. The lowest BCUT2D eigenvalue weighted by Gasteiger charge is -2.34. The van der Waals surface area contributed by atoms with Gasteiger partial charge in [-0.05, 0) is 29.3 Å². The van der Waals surface area contributed by atoms with Gasteiger partial charge in [-0.15, -0.1) is 0 Å². The number of ether oxygens (including phenoxy) is 2. The molecule has 1 saturated heterocycles. The Morgan fingerprint density at radius 3 is 1.97 bits per heavy atom. The third kappa shape index (κ3) is 5.96. The van der Waals surface area contributed by atoms with Crippen LogP contribution in [0.15, 0.2) is 48.5 Å². The van der Waals surface area contributed by atoms with Gasteiger partial charge < -0.3 is 9.47 Å². The summed E-state index contributed by atoms with van der Waals surface area (Å²) in [6.45, 7) is 2.18. The summed E-state index contributed by atoms with van der Waals surface area (Å²) in [5.74, 6) is 0. The summed E-state index contributed by atoms with van der Waals surface area (Å²) >= 11 is 0. The molecule has 30 heavy (non-hydrogen) atoms. The highest BCUT2D eigenvalue weighted by atomic mass is 19.4. The fourth-order valence-electron chi connectivity index (χ4n) is 3.37. The zero-order valence-electron chi connectivity index (χ0n) is 16.0. The van der Waals surface area contributed by atoms with E-state index >= 15 is 0 Å². The molecule has 0 spiro atoms. The zero-order chi connectivity index (χ0) is 21.8. The van der Waals surface area contributed by atoms with Crippen molar-refractivity contribution < 1.29 is 35.8 Å². The molecule has 0 aliphatic carbocycles. The maximum absolute atomic E-state index is 13.0. The molecule has 1 heterocycles. The molecule has 0 radical (unpaired) electrons. The van der Waals surface area contributed by atoms with Crippen LogP contribution in [-0.4, -0.2) is 37.8 Å². The minimum Gasteiger partial charge on any atom is -0.379 e. The molecule has 0 N–H and O–H groups in total. The summed E-state index contributed by atoms with van der Waals surface area (Å²) < 4.78 is 89.1. The molecule has 164 valence electrons. The Bertz CT molecular complexity index is 784. The second-order valence-corrected chi connectivity index (χ2v) is 7.00. The highest BCUT2D eigenvalue weighted by Crippen LogP contribution is 2.36. The molecule has 0 bridgehead atoms. The van der Waals surface area contributed by atoms with Crippen LogP contribution in [0.3, 0.4) is 0 Å². The van der Waals surface area contributed by atoms with Crippen molar-refractivity contribution in [2.75, 3.05) is 32.9 Å². The first kappa shape index (κ1) is 22.6. The van der Waals surface area contributed by atoms with Gasteiger partial charge in [0.15, 0.2) is 0 Å². The lowest BCUT2D eigenvalue weighted by atomic mass is 10.0. The minimum absolute atomic E-state index is 0.115. The van der Waals surface area contributed by atoms with E-state index in [-0.39, 0.29) is 30.9 Å². The number of benzene rings is 2. The van der Waals surface area contributed by atoms with E-state index in [2.05, 4.69) is 4.90 Å². The predicted octanol–water partition coefficient (Wildman–Crippen LogP) is 5.31. The molecule has 0 aromatic heterocycles. The number of morpholine rings is 1. The molecule has 3 rings (SSSR count). The molecule has 1 aliphatic heterocycles. The van der Waals surface area contributed by atoms with E-state index < -0.39 is 23.5 Å². The van der Waals surface area contributed by atoms with Crippen LogP contribution in [-0.2, 0) is 28.4 Å². The third-order valence-corrected chi connectivity index (χ3v) is 4.86. The fourth-order valence-corrected chi connectivity index (χ4v) is 3.37.